The number of nitrogens with two attached hydrogens (primary N) is 1. The van der Waals surface area contributed by atoms with Crippen LogP contribution in [0.15, 0.2) is 47.5 Å². The third-order valence-corrected chi connectivity index (χ3v) is 5.82. The van der Waals surface area contributed by atoms with E-state index >= 15 is 0 Å². The van der Waals surface area contributed by atoms with Crippen LogP contribution in [0, 0.1) is 29.6 Å². The van der Waals surface area contributed by atoms with E-state index in [-0.39, 0.29) is 33.6 Å². The summed E-state index contributed by atoms with van der Waals surface area (Å²) in [6, 6.07) is 16.6. The smallest absolute Gasteiger partial charge is 0.234 e. The summed E-state index contributed by atoms with van der Waals surface area (Å²) in [6.45, 7) is 1.90. The lowest BCUT2D eigenvalue weighted by Crippen LogP contribution is -2.15. The Bertz CT molecular complexity index is 1290. The number of pyridine rings is 1. The van der Waals surface area contributed by atoms with Crippen molar-refractivity contribution in [2.45, 2.75) is 11.9 Å². The van der Waals surface area contributed by atoms with Gasteiger partial charge in [-0.3, -0.25) is 4.79 Å². The van der Waals surface area contributed by atoms with Crippen LogP contribution < -0.4 is 20.5 Å². The molecule has 0 saturated carbocycles. The van der Waals surface area contributed by atoms with Gasteiger partial charge in [0.15, 0.2) is 11.5 Å². The highest BCUT2D eigenvalue weighted by atomic mass is 32.2. The molecule has 0 atom stereocenters. The molecule has 9 heteroatoms. The molecule has 33 heavy (non-hydrogen) atoms. The van der Waals surface area contributed by atoms with Crippen LogP contribution in [0.2, 0.25) is 0 Å². The normalized spacial score (nSPS) is 10.1. The molecule has 0 radical (unpaired) electrons. The number of aryl methyl sites for hydroxylation is 1. The number of nitrogens with zero attached hydrogens (tertiary/aromatic N) is 3. The number of methoxy groups -OCH3 is 2. The largest absolute Gasteiger partial charge is 0.493 e. The number of amides is 1. The van der Waals surface area contributed by atoms with Crippen LogP contribution in [0.1, 0.15) is 16.7 Å². The Morgan fingerprint density at radius 1 is 1.09 bits per heavy atom. The zero-order chi connectivity index (χ0) is 24.0. The number of carbonyl (C=O) groups is 1. The van der Waals surface area contributed by atoms with Crippen molar-refractivity contribution in [3.63, 3.8) is 0 Å². The van der Waals surface area contributed by atoms with Gasteiger partial charge >= 0.3 is 0 Å². The zero-order valence-corrected chi connectivity index (χ0v) is 19.1. The maximum atomic E-state index is 12.5. The van der Waals surface area contributed by atoms with Gasteiger partial charge < -0.3 is 20.5 Å². The Hall–Kier alpha value is -4.21. The van der Waals surface area contributed by atoms with E-state index in [1.807, 2.05) is 37.3 Å². The van der Waals surface area contributed by atoms with E-state index in [0.717, 1.165) is 17.3 Å². The van der Waals surface area contributed by atoms with Crippen molar-refractivity contribution < 1.29 is 14.3 Å². The number of hydrogen-bond acceptors (Lipinski definition) is 8. The number of hydrogen-bond donors (Lipinski definition) is 2. The van der Waals surface area contributed by atoms with Crippen molar-refractivity contribution in [3.8, 4) is 34.8 Å². The van der Waals surface area contributed by atoms with Crippen LogP contribution in [-0.2, 0) is 4.79 Å². The molecule has 166 valence electrons. The molecule has 1 amide bonds. The van der Waals surface area contributed by atoms with Crippen LogP contribution in [0.4, 0.5) is 11.5 Å². The second-order valence-electron chi connectivity index (χ2n) is 6.87. The van der Waals surface area contributed by atoms with Gasteiger partial charge in [0, 0.05) is 11.3 Å². The van der Waals surface area contributed by atoms with Gasteiger partial charge in [-0.25, -0.2) is 4.98 Å². The van der Waals surface area contributed by atoms with Gasteiger partial charge in [0.1, 0.15) is 28.5 Å². The summed E-state index contributed by atoms with van der Waals surface area (Å²) in [6.07, 6.45) is 0. The minimum atomic E-state index is -0.254. The lowest BCUT2D eigenvalue weighted by Gasteiger charge is -2.15. The quantitative estimate of drug-likeness (QED) is 0.504. The molecule has 8 nitrogen and oxygen atoms in total. The lowest BCUT2D eigenvalue weighted by molar-refractivity contribution is -0.113. The number of thioether (sulfide) groups is 1. The minimum absolute atomic E-state index is 0.00667. The van der Waals surface area contributed by atoms with Gasteiger partial charge in [-0.15, -0.1) is 0 Å². The number of nitrogens with one attached hydrogen (secondary N) is 1. The number of ether oxygens (including phenoxy) is 2. The first kappa shape index (κ1) is 23.5. The average molecular weight is 460 g/mol. The van der Waals surface area contributed by atoms with E-state index < -0.39 is 0 Å². The van der Waals surface area contributed by atoms with Gasteiger partial charge in [0.05, 0.1) is 25.5 Å². The molecule has 1 heterocycles. The summed E-state index contributed by atoms with van der Waals surface area (Å²) in [5.74, 6) is 0.665. The van der Waals surface area contributed by atoms with Crippen molar-refractivity contribution in [2.75, 3.05) is 31.0 Å². The minimum Gasteiger partial charge on any atom is -0.493 e. The lowest BCUT2D eigenvalue weighted by atomic mass is 9.96. The standard InChI is InChI=1S/C24H21N5O3S/c1-14-6-4-5-7-18(14)28-21(30)13-33-24-17(12-26)22(16(11-25)23(27)29-24)15-8-9-19(31-2)20(10-15)32-3/h4-10H,13H2,1-3H3,(H2,27,29)(H,28,30). The highest BCUT2D eigenvalue weighted by Gasteiger charge is 2.22. The first-order valence-corrected chi connectivity index (χ1v) is 10.8. The molecule has 0 bridgehead atoms. The van der Waals surface area contributed by atoms with Gasteiger partial charge in [-0.2, -0.15) is 10.5 Å². The Morgan fingerprint density at radius 3 is 2.42 bits per heavy atom. The van der Waals surface area contributed by atoms with E-state index in [1.54, 1.807) is 18.2 Å². The van der Waals surface area contributed by atoms with Crippen molar-refractivity contribution >= 4 is 29.2 Å². The fourth-order valence-corrected chi connectivity index (χ4v) is 4.01. The van der Waals surface area contributed by atoms with Crippen molar-refractivity contribution in [3.05, 3.63) is 59.2 Å². The number of carbonyl (C=O) groups excluding carboxylic acids is 1. The van der Waals surface area contributed by atoms with E-state index in [4.69, 9.17) is 15.2 Å². The Morgan fingerprint density at radius 2 is 1.79 bits per heavy atom. The van der Waals surface area contributed by atoms with Crippen LogP contribution in [-0.4, -0.2) is 30.9 Å². The third-order valence-electron chi connectivity index (χ3n) is 4.85. The van der Waals surface area contributed by atoms with Crippen LogP contribution in [0.3, 0.4) is 0 Å². The monoisotopic (exact) mass is 459 g/mol. The number of benzene rings is 2. The number of para-hydroxylation sites is 1. The van der Waals surface area contributed by atoms with E-state index in [1.165, 1.54) is 14.2 Å². The van der Waals surface area contributed by atoms with Crippen molar-refractivity contribution in [1.82, 2.24) is 4.98 Å². The maximum Gasteiger partial charge on any atom is 0.234 e. The Labute approximate surface area is 196 Å². The predicted molar refractivity (Wildman–Crippen MR) is 127 cm³/mol. The molecule has 3 rings (SSSR count). The second-order valence-corrected chi connectivity index (χ2v) is 7.84. The number of nitriles is 2. The van der Waals surface area contributed by atoms with Crippen molar-refractivity contribution in [2.24, 2.45) is 0 Å². The molecule has 1 aromatic heterocycles. The molecule has 0 saturated heterocycles. The predicted octanol–water partition coefficient (Wildman–Crippen LogP) is 4.13. The summed E-state index contributed by atoms with van der Waals surface area (Å²) < 4.78 is 10.6. The van der Waals surface area contributed by atoms with Gasteiger partial charge in [0.2, 0.25) is 5.91 Å². The summed E-state index contributed by atoms with van der Waals surface area (Å²) in [4.78, 5) is 16.7. The summed E-state index contributed by atoms with van der Waals surface area (Å²) in [7, 11) is 3.01. The first-order valence-electron chi connectivity index (χ1n) is 9.77. The van der Waals surface area contributed by atoms with E-state index in [9.17, 15) is 15.3 Å². The molecule has 0 fully saturated rings. The van der Waals surface area contributed by atoms with Crippen LogP contribution in [0.25, 0.3) is 11.1 Å². The average Bonchev–Trinajstić information content (AvgIpc) is 2.83. The second kappa shape index (κ2) is 10.4. The Kier molecular flexibility index (Phi) is 7.39. The highest BCUT2D eigenvalue weighted by molar-refractivity contribution is 8.00. The summed E-state index contributed by atoms with van der Waals surface area (Å²) in [5, 5.41) is 22.7. The van der Waals surface area contributed by atoms with Gasteiger partial charge in [0.25, 0.3) is 0 Å². The van der Waals surface area contributed by atoms with Gasteiger partial charge in [-0.05, 0) is 36.2 Å². The summed E-state index contributed by atoms with van der Waals surface area (Å²) in [5.41, 5.74) is 8.80. The molecule has 2 aromatic carbocycles. The number of nitrogen functional groups attached to an aromatic ring is 1. The van der Waals surface area contributed by atoms with Crippen LogP contribution in [0.5, 0.6) is 11.5 Å². The molecular weight excluding hydrogens is 438 g/mol. The van der Waals surface area contributed by atoms with Crippen molar-refractivity contribution in [1.29, 1.82) is 10.5 Å². The molecule has 0 unspecified atom stereocenters. The maximum absolute atomic E-state index is 12.5. The molecular formula is C24H21N5O3S. The number of anilines is 2. The third kappa shape index (κ3) is 5.00. The number of aromatic nitrogens is 1. The fraction of sp³-hybridized carbons (Fsp3) is 0.167. The van der Waals surface area contributed by atoms with E-state index in [2.05, 4.69) is 16.4 Å². The van der Waals surface area contributed by atoms with Crippen LogP contribution >= 0.6 is 11.8 Å². The fourth-order valence-electron chi connectivity index (χ4n) is 3.22. The first-order chi connectivity index (χ1) is 15.9. The molecule has 3 N–H and O–H groups in total. The molecule has 0 aliphatic heterocycles. The molecule has 0 spiro atoms. The number of rotatable bonds is 7. The molecule has 0 aliphatic carbocycles. The molecule has 3 aromatic rings. The SMILES string of the molecule is COc1ccc(-c2c(C#N)c(N)nc(SCC(=O)Nc3ccccc3C)c2C#N)cc1OC. The van der Waals surface area contributed by atoms with Gasteiger partial charge in [-0.1, -0.05) is 36.0 Å². The molecule has 0 aliphatic rings. The summed E-state index contributed by atoms with van der Waals surface area (Å²) >= 11 is 1.07. The topological polar surface area (TPSA) is 134 Å². The van der Waals surface area contributed by atoms with E-state index in [0.29, 0.717) is 28.3 Å². The Balaban J connectivity index is 1.99. The zero-order valence-electron chi connectivity index (χ0n) is 18.3. The highest BCUT2D eigenvalue weighted by Crippen LogP contribution is 2.39.